The van der Waals surface area contributed by atoms with E-state index >= 15 is 0 Å². The van der Waals surface area contributed by atoms with Gasteiger partial charge in [0.15, 0.2) is 0 Å². The van der Waals surface area contributed by atoms with Gasteiger partial charge in [-0.1, -0.05) is 17.7 Å². The maximum atomic E-state index is 13.2. The van der Waals surface area contributed by atoms with Gasteiger partial charge in [-0.3, -0.25) is 14.6 Å². The number of nitrogens with zero attached hydrogens (tertiary/aromatic N) is 4. The van der Waals surface area contributed by atoms with E-state index in [2.05, 4.69) is 15.4 Å². The number of aryl methyl sites for hydroxylation is 1. The molecule has 3 heterocycles. The molecule has 1 aliphatic rings. The molecule has 3 aromatic rings. The van der Waals surface area contributed by atoms with Crippen LogP contribution in [-0.4, -0.2) is 44.6 Å². The van der Waals surface area contributed by atoms with Gasteiger partial charge >= 0.3 is 0 Å². The van der Waals surface area contributed by atoms with Crippen LogP contribution in [-0.2, 0) is 11.3 Å². The lowest BCUT2D eigenvalue weighted by Gasteiger charge is -2.31. The Kier molecular flexibility index (Phi) is 6.50. The van der Waals surface area contributed by atoms with Crippen LogP contribution in [0.5, 0.6) is 0 Å². The van der Waals surface area contributed by atoms with Crippen molar-refractivity contribution in [2.24, 2.45) is 5.92 Å². The van der Waals surface area contributed by atoms with Gasteiger partial charge in [-0.2, -0.15) is 5.10 Å². The van der Waals surface area contributed by atoms with E-state index in [1.165, 1.54) is 16.8 Å². The van der Waals surface area contributed by atoms with Crippen LogP contribution in [0.3, 0.4) is 0 Å². The fraction of sp³-hybridized carbons (Fsp3) is 0.304. The van der Waals surface area contributed by atoms with Crippen molar-refractivity contribution in [3.8, 4) is 5.69 Å². The molecule has 32 heavy (non-hydrogen) atoms. The van der Waals surface area contributed by atoms with E-state index in [4.69, 9.17) is 11.6 Å². The summed E-state index contributed by atoms with van der Waals surface area (Å²) in [6.45, 7) is 3.07. The maximum absolute atomic E-state index is 13.2. The van der Waals surface area contributed by atoms with Crippen LogP contribution < -0.4 is 5.32 Å². The van der Waals surface area contributed by atoms with Crippen molar-refractivity contribution < 1.29 is 14.0 Å². The molecule has 1 aliphatic heterocycles. The van der Waals surface area contributed by atoms with Crippen LogP contribution in [0.1, 0.15) is 34.5 Å². The third-order valence-corrected chi connectivity index (χ3v) is 5.98. The number of likely N-dealkylation sites (tertiary alicyclic amines) is 1. The summed E-state index contributed by atoms with van der Waals surface area (Å²) in [4.78, 5) is 31.4. The molecule has 1 fully saturated rings. The maximum Gasteiger partial charge on any atom is 0.258 e. The first-order valence-electron chi connectivity index (χ1n) is 10.4. The monoisotopic (exact) mass is 455 g/mol. The molecule has 166 valence electrons. The first-order chi connectivity index (χ1) is 15.4. The molecule has 1 saturated heterocycles. The molecule has 1 aromatic carbocycles. The van der Waals surface area contributed by atoms with Crippen molar-refractivity contribution in [1.29, 1.82) is 0 Å². The van der Waals surface area contributed by atoms with Crippen LogP contribution in [0, 0.1) is 18.7 Å². The average Bonchev–Trinajstić information content (AvgIpc) is 3.12. The van der Waals surface area contributed by atoms with Crippen LogP contribution in [0.4, 0.5) is 4.39 Å². The number of halogens is 2. The molecule has 9 heteroatoms. The van der Waals surface area contributed by atoms with Gasteiger partial charge in [0.25, 0.3) is 5.91 Å². The Morgan fingerprint density at radius 3 is 2.56 bits per heavy atom. The fourth-order valence-corrected chi connectivity index (χ4v) is 4.19. The number of hydrogen-bond donors (Lipinski definition) is 1. The Balaban J connectivity index is 1.38. The molecule has 0 bridgehead atoms. The first-order valence-corrected chi connectivity index (χ1v) is 10.8. The van der Waals surface area contributed by atoms with Crippen molar-refractivity contribution in [2.75, 3.05) is 13.1 Å². The van der Waals surface area contributed by atoms with Gasteiger partial charge in [-0.25, -0.2) is 9.07 Å². The Morgan fingerprint density at radius 1 is 1.19 bits per heavy atom. The fourth-order valence-electron chi connectivity index (χ4n) is 3.83. The van der Waals surface area contributed by atoms with E-state index in [0.717, 1.165) is 5.56 Å². The molecular formula is C23H23ClFN5O2. The number of pyridine rings is 1. The molecule has 0 atom stereocenters. The van der Waals surface area contributed by atoms with Crippen LogP contribution in [0.15, 0.2) is 48.8 Å². The molecule has 0 saturated carbocycles. The number of carbonyl (C=O) groups is 2. The molecule has 2 amide bonds. The van der Waals surface area contributed by atoms with E-state index in [1.54, 1.807) is 36.4 Å². The van der Waals surface area contributed by atoms with Gasteiger partial charge < -0.3 is 10.2 Å². The zero-order chi connectivity index (χ0) is 22.7. The third kappa shape index (κ3) is 4.65. The second-order valence-electron chi connectivity index (χ2n) is 7.78. The summed E-state index contributed by atoms with van der Waals surface area (Å²) in [7, 11) is 0. The molecule has 1 N–H and O–H groups in total. The number of benzene rings is 1. The molecule has 0 radical (unpaired) electrons. The highest BCUT2D eigenvalue weighted by atomic mass is 35.5. The van der Waals surface area contributed by atoms with E-state index in [0.29, 0.717) is 49.4 Å². The highest BCUT2D eigenvalue weighted by Gasteiger charge is 2.31. The number of nitrogens with one attached hydrogen (secondary N) is 1. The second kappa shape index (κ2) is 9.48. The molecular weight excluding hydrogens is 433 g/mol. The smallest absolute Gasteiger partial charge is 0.258 e. The normalized spacial score (nSPS) is 14.4. The van der Waals surface area contributed by atoms with Gasteiger partial charge in [0.2, 0.25) is 5.91 Å². The lowest BCUT2D eigenvalue weighted by Crippen LogP contribution is -2.43. The number of rotatable bonds is 5. The predicted molar refractivity (Wildman–Crippen MR) is 118 cm³/mol. The topological polar surface area (TPSA) is 80.1 Å². The van der Waals surface area contributed by atoms with Crippen molar-refractivity contribution in [3.63, 3.8) is 0 Å². The Labute approximate surface area is 190 Å². The number of piperidine rings is 1. The van der Waals surface area contributed by atoms with Crippen molar-refractivity contribution >= 4 is 23.4 Å². The summed E-state index contributed by atoms with van der Waals surface area (Å²) < 4.78 is 14.7. The summed E-state index contributed by atoms with van der Waals surface area (Å²) in [5, 5.41) is 7.50. The van der Waals surface area contributed by atoms with Gasteiger partial charge in [0.05, 0.1) is 16.9 Å². The summed E-state index contributed by atoms with van der Waals surface area (Å²) in [5.74, 6) is -0.735. The largest absolute Gasteiger partial charge is 0.352 e. The predicted octanol–water partition coefficient (Wildman–Crippen LogP) is 3.54. The van der Waals surface area contributed by atoms with E-state index in [9.17, 15) is 14.0 Å². The number of hydrogen-bond acceptors (Lipinski definition) is 4. The minimum atomic E-state index is -0.364. The minimum Gasteiger partial charge on any atom is -0.352 e. The standard InChI is InChI=1S/C23H23ClFN5O2/c1-15-20(21(24)30(28-15)19-6-4-18(25)5-7-19)23(32)29-11-8-17(9-12-29)22(31)27-14-16-3-2-10-26-13-16/h2-7,10,13,17H,8-9,11-12,14H2,1H3,(H,27,31). The lowest BCUT2D eigenvalue weighted by molar-refractivity contribution is -0.126. The summed E-state index contributed by atoms with van der Waals surface area (Å²) in [6, 6.07) is 9.47. The summed E-state index contributed by atoms with van der Waals surface area (Å²) in [5.41, 5.74) is 2.34. The second-order valence-corrected chi connectivity index (χ2v) is 8.14. The molecule has 0 aliphatic carbocycles. The van der Waals surface area contributed by atoms with Gasteiger partial charge in [-0.15, -0.1) is 0 Å². The highest BCUT2D eigenvalue weighted by Crippen LogP contribution is 2.27. The van der Waals surface area contributed by atoms with Crippen molar-refractivity contribution in [3.05, 3.63) is 76.6 Å². The molecule has 0 spiro atoms. The zero-order valence-electron chi connectivity index (χ0n) is 17.6. The van der Waals surface area contributed by atoms with Gasteiger partial charge in [0, 0.05) is 37.9 Å². The number of aromatic nitrogens is 3. The van der Waals surface area contributed by atoms with Crippen molar-refractivity contribution in [1.82, 2.24) is 25.0 Å². The van der Waals surface area contributed by atoms with Crippen LogP contribution >= 0.6 is 11.6 Å². The minimum absolute atomic E-state index is 0.0145. The van der Waals surface area contributed by atoms with E-state index in [1.807, 2.05) is 12.1 Å². The highest BCUT2D eigenvalue weighted by molar-refractivity contribution is 6.33. The van der Waals surface area contributed by atoms with E-state index in [-0.39, 0.29) is 28.7 Å². The molecule has 4 rings (SSSR count). The Morgan fingerprint density at radius 2 is 1.91 bits per heavy atom. The zero-order valence-corrected chi connectivity index (χ0v) is 18.3. The van der Waals surface area contributed by atoms with Crippen LogP contribution in [0.2, 0.25) is 5.15 Å². The van der Waals surface area contributed by atoms with E-state index < -0.39 is 0 Å². The average molecular weight is 456 g/mol. The number of carbonyl (C=O) groups excluding carboxylic acids is 2. The van der Waals surface area contributed by atoms with Gasteiger partial charge in [-0.05, 0) is 55.7 Å². The number of amides is 2. The quantitative estimate of drug-likeness (QED) is 0.638. The SMILES string of the molecule is Cc1nn(-c2ccc(F)cc2)c(Cl)c1C(=O)N1CCC(C(=O)NCc2cccnc2)CC1. The molecule has 0 unspecified atom stereocenters. The van der Waals surface area contributed by atoms with Crippen LogP contribution in [0.25, 0.3) is 5.69 Å². The lowest BCUT2D eigenvalue weighted by atomic mass is 9.95. The summed E-state index contributed by atoms with van der Waals surface area (Å²) in [6.07, 6.45) is 4.57. The first kappa shape index (κ1) is 22.0. The third-order valence-electron chi connectivity index (χ3n) is 5.63. The Bertz CT molecular complexity index is 1110. The van der Waals surface area contributed by atoms with Crippen molar-refractivity contribution in [2.45, 2.75) is 26.3 Å². The molecule has 7 nitrogen and oxygen atoms in total. The Hall–Kier alpha value is -3.26. The summed E-state index contributed by atoms with van der Waals surface area (Å²) >= 11 is 6.49. The van der Waals surface area contributed by atoms with Gasteiger partial charge in [0.1, 0.15) is 11.0 Å². The molecule has 2 aromatic heterocycles.